The van der Waals surface area contributed by atoms with Crippen molar-refractivity contribution in [1.82, 2.24) is 10.6 Å². The molecule has 3 rings (SSSR count). The lowest BCUT2D eigenvalue weighted by atomic mass is 9.85. The van der Waals surface area contributed by atoms with Gasteiger partial charge in [0.05, 0.1) is 0 Å². The van der Waals surface area contributed by atoms with Crippen LogP contribution >= 0.6 is 11.3 Å². The first-order valence-corrected chi connectivity index (χ1v) is 9.54. The van der Waals surface area contributed by atoms with Gasteiger partial charge in [-0.1, -0.05) is 18.6 Å². The van der Waals surface area contributed by atoms with E-state index in [1.54, 1.807) is 18.4 Å². The predicted octanol–water partition coefficient (Wildman–Crippen LogP) is 3.35. The van der Waals surface area contributed by atoms with Gasteiger partial charge in [0, 0.05) is 31.7 Å². The standard InChI is InChI=1S/C19H24N4OS/c1-20-19(22-12-15-8-9-25-13-15)21-11-14-4-2-7-17(10-14)23-18(24)16-5-3-6-16/h2,4,7-10,13,16H,3,5-6,11-12H2,1H3,(H,23,24)(H2,20,21,22). The number of carbonyl (C=O) groups excluding carboxylic acids is 1. The number of hydrogen-bond acceptors (Lipinski definition) is 3. The van der Waals surface area contributed by atoms with Crippen LogP contribution in [-0.4, -0.2) is 18.9 Å². The van der Waals surface area contributed by atoms with E-state index in [1.807, 2.05) is 24.3 Å². The van der Waals surface area contributed by atoms with Crippen LogP contribution in [0.25, 0.3) is 0 Å². The molecule has 6 heteroatoms. The molecule has 0 atom stereocenters. The van der Waals surface area contributed by atoms with E-state index in [1.165, 1.54) is 12.0 Å². The minimum Gasteiger partial charge on any atom is -0.352 e. The van der Waals surface area contributed by atoms with Crippen LogP contribution in [0.5, 0.6) is 0 Å². The molecular formula is C19H24N4OS. The molecule has 5 nitrogen and oxygen atoms in total. The second kappa shape index (κ2) is 8.67. The lowest BCUT2D eigenvalue weighted by Crippen LogP contribution is -2.36. The Balaban J connectivity index is 1.49. The third-order valence-corrected chi connectivity index (χ3v) is 5.13. The maximum absolute atomic E-state index is 12.1. The van der Waals surface area contributed by atoms with Crippen LogP contribution in [0.1, 0.15) is 30.4 Å². The van der Waals surface area contributed by atoms with Gasteiger partial charge in [0.25, 0.3) is 0 Å². The van der Waals surface area contributed by atoms with Crippen LogP contribution in [0.2, 0.25) is 0 Å². The zero-order valence-electron chi connectivity index (χ0n) is 14.4. The number of carbonyl (C=O) groups is 1. The highest BCUT2D eigenvalue weighted by Gasteiger charge is 2.25. The number of nitrogens with zero attached hydrogens (tertiary/aromatic N) is 1. The molecule has 25 heavy (non-hydrogen) atoms. The van der Waals surface area contributed by atoms with Gasteiger partial charge in [0.15, 0.2) is 5.96 Å². The van der Waals surface area contributed by atoms with Crippen LogP contribution in [0.4, 0.5) is 5.69 Å². The van der Waals surface area contributed by atoms with Gasteiger partial charge in [-0.2, -0.15) is 11.3 Å². The average molecular weight is 356 g/mol. The minimum atomic E-state index is 0.143. The number of anilines is 1. The Hall–Kier alpha value is -2.34. The average Bonchev–Trinajstić information content (AvgIpc) is 3.07. The fraction of sp³-hybridized carbons (Fsp3) is 0.368. The molecule has 3 N–H and O–H groups in total. The Morgan fingerprint density at radius 1 is 1.20 bits per heavy atom. The number of amides is 1. The molecule has 1 heterocycles. The first-order chi connectivity index (χ1) is 12.2. The van der Waals surface area contributed by atoms with E-state index in [0.717, 1.165) is 36.6 Å². The van der Waals surface area contributed by atoms with Gasteiger partial charge in [-0.25, -0.2) is 0 Å². The third kappa shape index (κ3) is 5.06. The largest absolute Gasteiger partial charge is 0.352 e. The van der Waals surface area contributed by atoms with Crippen molar-refractivity contribution in [3.05, 3.63) is 52.2 Å². The second-order valence-corrected chi connectivity index (χ2v) is 7.01. The molecule has 0 radical (unpaired) electrons. The van der Waals surface area contributed by atoms with Gasteiger partial charge in [-0.3, -0.25) is 9.79 Å². The Morgan fingerprint density at radius 2 is 2.00 bits per heavy atom. The summed E-state index contributed by atoms with van der Waals surface area (Å²) in [7, 11) is 1.76. The highest BCUT2D eigenvalue weighted by molar-refractivity contribution is 7.07. The molecule has 0 unspecified atom stereocenters. The van der Waals surface area contributed by atoms with Crippen molar-refractivity contribution < 1.29 is 4.79 Å². The Bertz CT molecular complexity index is 723. The molecule has 1 aliphatic carbocycles. The fourth-order valence-corrected chi connectivity index (χ4v) is 3.33. The highest BCUT2D eigenvalue weighted by Crippen LogP contribution is 2.27. The first-order valence-electron chi connectivity index (χ1n) is 8.60. The lowest BCUT2D eigenvalue weighted by Gasteiger charge is -2.24. The maximum Gasteiger partial charge on any atom is 0.227 e. The normalized spacial score (nSPS) is 14.7. The molecule has 0 aliphatic heterocycles. The Kier molecular flexibility index (Phi) is 6.06. The minimum absolute atomic E-state index is 0.143. The quantitative estimate of drug-likeness (QED) is 0.549. The van der Waals surface area contributed by atoms with Crippen molar-refractivity contribution in [3.8, 4) is 0 Å². The molecule has 1 fully saturated rings. The Labute approximate surface area is 152 Å². The van der Waals surface area contributed by atoms with E-state index < -0.39 is 0 Å². The molecule has 1 aromatic carbocycles. The molecule has 0 saturated heterocycles. The number of rotatable bonds is 6. The summed E-state index contributed by atoms with van der Waals surface area (Å²) >= 11 is 1.69. The van der Waals surface area contributed by atoms with Gasteiger partial charge in [0.1, 0.15) is 0 Å². The highest BCUT2D eigenvalue weighted by atomic mass is 32.1. The van der Waals surface area contributed by atoms with E-state index in [-0.39, 0.29) is 11.8 Å². The van der Waals surface area contributed by atoms with E-state index in [4.69, 9.17) is 0 Å². The van der Waals surface area contributed by atoms with Crippen molar-refractivity contribution in [2.45, 2.75) is 32.4 Å². The van der Waals surface area contributed by atoms with Crippen molar-refractivity contribution in [3.63, 3.8) is 0 Å². The maximum atomic E-state index is 12.1. The van der Waals surface area contributed by atoms with E-state index in [9.17, 15) is 4.79 Å². The third-order valence-electron chi connectivity index (χ3n) is 4.39. The number of hydrogen-bond donors (Lipinski definition) is 3. The van der Waals surface area contributed by atoms with Crippen LogP contribution in [-0.2, 0) is 17.9 Å². The molecule has 1 saturated carbocycles. The molecular weight excluding hydrogens is 332 g/mol. The van der Waals surface area contributed by atoms with Crippen LogP contribution < -0.4 is 16.0 Å². The summed E-state index contributed by atoms with van der Waals surface area (Å²) in [5.41, 5.74) is 3.20. The monoisotopic (exact) mass is 356 g/mol. The molecule has 0 bridgehead atoms. The van der Waals surface area contributed by atoms with Gasteiger partial charge >= 0.3 is 0 Å². The van der Waals surface area contributed by atoms with Crippen LogP contribution in [0, 0.1) is 5.92 Å². The summed E-state index contributed by atoms with van der Waals surface area (Å²) < 4.78 is 0. The van der Waals surface area contributed by atoms with Gasteiger partial charge in [-0.05, 0) is 52.9 Å². The summed E-state index contributed by atoms with van der Waals surface area (Å²) in [6.07, 6.45) is 3.19. The van der Waals surface area contributed by atoms with Gasteiger partial charge in [0.2, 0.25) is 5.91 Å². The van der Waals surface area contributed by atoms with Crippen LogP contribution in [0.3, 0.4) is 0 Å². The Morgan fingerprint density at radius 3 is 2.64 bits per heavy atom. The van der Waals surface area contributed by atoms with E-state index in [0.29, 0.717) is 6.54 Å². The SMILES string of the molecule is CN=C(NCc1ccsc1)NCc1cccc(NC(=O)C2CCC2)c1. The van der Waals surface area contributed by atoms with Crippen molar-refractivity contribution in [2.24, 2.45) is 10.9 Å². The zero-order valence-corrected chi connectivity index (χ0v) is 15.2. The molecule has 2 aromatic rings. The first kappa shape index (κ1) is 17.5. The van der Waals surface area contributed by atoms with Crippen molar-refractivity contribution >= 4 is 28.9 Å². The summed E-state index contributed by atoms with van der Waals surface area (Å²) in [6.45, 7) is 1.40. The second-order valence-electron chi connectivity index (χ2n) is 6.23. The number of thiophene rings is 1. The van der Waals surface area contributed by atoms with E-state index in [2.05, 4.69) is 37.8 Å². The topological polar surface area (TPSA) is 65.5 Å². The van der Waals surface area contributed by atoms with E-state index >= 15 is 0 Å². The molecule has 0 spiro atoms. The molecule has 1 aliphatic rings. The molecule has 1 amide bonds. The number of nitrogens with one attached hydrogen (secondary N) is 3. The molecule has 132 valence electrons. The van der Waals surface area contributed by atoms with Crippen LogP contribution in [0.15, 0.2) is 46.1 Å². The summed E-state index contributed by atoms with van der Waals surface area (Å²) in [4.78, 5) is 16.3. The van der Waals surface area contributed by atoms with Crippen molar-refractivity contribution in [1.29, 1.82) is 0 Å². The lowest BCUT2D eigenvalue weighted by molar-refractivity contribution is -0.122. The summed E-state index contributed by atoms with van der Waals surface area (Å²) in [5, 5.41) is 13.8. The smallest absolute Gasteiger partial charge is 0.227 e. The van der Waals surface area contributed by atoms with Crippen molar-refractivity contribution in [2.75, 3.05) is 12.4 Å². The number of benzene rings is 1. The number of aliphatic imine (C=N–C) groups is 1. The zero-order chi connectivity index (χ0) is 17.5. The summed E-state index contributed by atoms with van der Waals surface area (Å²) in [5.74, 6) is 1.10. The van der Waals surface area contributed by atoms with Gasteiger partial charge < -0.3 is 16.0 Å². The number of guanidine groups is 1. The predicted molar refractivity (Wildman–Crippen MR) is 104 cm³/mol. The fourth-order valence-electron chi connectivity index (χ4n) is 2.66. The summed E-state index contributed by atoms with van der Waals surface area (Å²) in [6, 6.07) is 10.0. The van der Waals surface area contributed by atoms with Gasteiger partial charge in [-0.15, -0.1) is 0 Å². The molecule has 1 aromatic heterocycles.